The molecule has 0 heterocycles. The molecule has 0 heteroatoms. The summed E-state index contributed by atoms with van der Waals surface area (Å²) in [4.78, 5) is 0. The van der Waals surface area contributed by atoms with Gasteiger partial charge in [-0.1, -0.05) is 104 Å². The molecule has 0 nitrogen and oxygen atoms in total. The van der Waals surface area contributed by atoms with Gasteiger partial charge in [-0.05, 0) is 18.8 Å². The second kappa shape index (κ2) is 16.1. The fraction of sp³-hybridized carbons (Fsp3) is 0.947. The Morgan fingerprint density at radius 1 is 0.632 bits per heavy atom. The maximum absolute atomic E-state index is 2.60. The van der Waals surface area contributed by atoms with Gasteiger partial charge in [0.05, 0.1) is 0 Å². The second-order valence-electron chi connectivity index (χ2n) is 6.23. The van der Waals surface area contributed by atoms with E-state index >= 15 is 0 Å². The first-order valence-corrected chi connectivity index (χ1v) is 9.16. The normalized spacial score (nSPS) is 12.8. The Bertz CT molecular complexity index is 150. The Morgan fingerprint density at radius 3 is 1.89 bits per heavy atom. The molecule has 0 aliphatic carbocycles. The van der Waals surface area contributed by atoms with E-state index in [0.29, 0.717) is 0 Å². The zero-order valence-electron chi connectivity index (χ0n) is 14.1. The average Bonchev–Trinajstić information content (AvgIpc) is 2.43. The van der Waals surface area contributed by atoms with Crippen molar-refractivity contribution in [2.24, 2.45) is 5.92 Å². The third-order valence-corrected chi connectivity index (χ3v) is 4.19. The van der Waals surface area contributed by atoms with Crippen molar-refractivity contribution in [1.82, 2.24) is 0 Å². The molecule has 1 unspecified atom stereocenters. The molecule has 0 aliphatic heterocycles. The summed E-state index contributed by atoms with van der Waals surface area (Å²) in [5, 5.41) is 0. The van der Waals surface area contributed by atoms with Crippen LogP contribution in [0, 0.1) is 12.3 Å². The van der Waals surface area contributed by atoms with Gasteiger partial charge in [0.15, 0.2) is 0 Å². The van der Waals surface area contributed by atoms with Crippen LogP contribution in [0.3, 0.4) is 0 Å². The van der Waals surface area contributed by atoms with Crippen LogP contribution in [0.5, 0.6) is 0 Å². The van der Waals surface area contributed by atoms with Crippen molar-refractivity contribution in [2.75, 3.05) is 0 Å². The molecule has 0 aromatic rings. The molecule has 0 fully saturated rings. The van der Waals surface area contributed by atoms with E-state index in [1.165, 1.54) is 89.9 Å². The van der Waals surface area contributed by atoms with Crippen LogP contribution in [0.15, 0.2) is 0 Å². The lowest BCUT2D eigenvalue weighted by atomic mass is 9.90. The highest BCUT2D eigenvalue weighted by Crippen LogP contribution is 2.22. The Morgan fingerprint density at radius 2 is 1.21 bits per heavy atom. The van der Waals surface area contributed by atoms with Crippen LogP contribution in [0.2, 0.25) is 0 Å². The van der Waals surface area contributed by atoms with E-state index in [1.54, 1.807) is 0 Å². The third kappa shape index (κ3) is 14.2. The van der Waals surface area contributed by atoms with Gasteiger partial charge in [-0.15, -0.1) is 0 Å². The minimum Gasteiger partial charge on any atom is -0.0654 e. The summed E-state index contributed by atoms with van der Waals surface area (Å²) in [7, 11) is 0. The smallest absolute Gasteiger partial charge is 0.0383 e. The molecule has 19 heavy (non-hydrogen) atoms. The first-order chi connectivity index (χ1) is 9.35. The molecule has 1 radical (unpaired) electrons. The first kappa shape index (κ1) is 19.0. The second-order valence-corrected chi connectivity index (χ2v) is 6.23. The van der Waals surface area contributed by atoms with Gasteiger partial charge in [0.25, 0.3) is 0 Å². The summed E-state index contributed by atoms with van der Waals surface area (Å²) < 4.78 is 0. The van der Waals surface area contributed by atoms with Crippen molar-refractivity contribution >= 4 is 0 Å². The third-order valence-electron chi connectivity index (χ3n) is 4.19. The first-order valence-electron chi connectivity index (χ1n) is 9.16. The molecule has 0 saturated carbocycles. The largest absolute Gasteiger partial charge is 0.0654 e. The van der Waals surface area contributed by atoms with E-state index < -0.39 is 0 Å². The van der Waals surface area contributed by atoms with Gasteiger partial charge in [-0.2, -0.15) is 0 Å². The molecule has 0 aromatic carbocycles. The highest BCUT2D eigenvalue weighted by molar-refractivity contribution is 4.71. The highest BCUT2D eigenvalue weighted by Gasteiger charge is 2.07. The van der Waals surface area contributed by atoms with Crippen LogP contribution in [0.1, 0.15) is 111 Å². The molecule has 0 aliphatic rings. The topological polar surface area (TPSA) is 0 Å². The van der Waals surface area contributed by atoms with Crippen molar-refractivity contribution < 1.29 is 0 Å². The lowest BCUT2D eigenvalue weighted by Gasteiger charge is -2.16. The van der Waals surface area contributed by atoms with Crippen LogP contribution in [0.4, 0.5) is 0 Å². The summed E-state index contributed by atoms with van der Waals surface area (Å²) in [6.07, 6.45) is 22.4. The van der Waals surface area contributed by atoms with Gasteiger partial charge in [-0.25, -0.2) is 0 Å². The molecule has 0 rings (SSSR count). The fourth-order valence-electron chi connectivity index (χ4n) is 2.80. The maximum atomic E-state index is 2.60. The van der Waals surface area contributed by atoms with Crippen LogP contribution in [-0.2, 0) is 0 Å². The van der Waals surface area contributed by atoms with Crippen molar-refractivity contribution in [2.45, 2.75) is 111 Å². The van der Waals surface area contributed by atoms with E-state index in [4.69, 9.17) is 0 Å². The Hall–Kier alpha value is 0. The molecule has 0 saturated heterocycles. The van der Waals surface area contributed by atoms with E-state index in [-0.39, 0.29) is 0 Å². The summed E-state index contributed by atoms with van der Waals surface area (Å²) in [6.45, 7) is 6.92. The van der Waals surface area contributed by atoms with Crippen LogP contribution in [-0.4, -0.2) is 0 Å². The molecule has 0 bridgehead atoms. The number of hydrogen-bond acceptors (Lipinski definition) is 0. The van der Waals surface area contributed by atoms with Crippen LogP contribution < -0.4 is 0 Å². The quantitative estimate of drug-likeness (QED) is 0.272. The molecule has 0 aromatic heterocycles. The molecular formula is C19H39. The van der Waals surface area contributed by atoms with E-state index in [0.717, 1.165) is 5.92 Å². The minimum atomic E-state index is 0.988. The minimum absolute atomic E-state index is 0.988. The van der Waals surface area contributed by atoms with Gasteiger partial charge < -0.3 is 0 Å². The van der Waals surface area contributed by atoms with E-state index in [2.05, 4.69) is 27.2 Å². The van der Waals surface area contributed by atoms with Crippen molar-refractivity contribution in [1.29, 1.82) is 0 Å². The Labute approximate surface area is 123 Å². The zero-order chi connectivity index (χ0) is 14.2. The summed E-state index contributed by atoms with van der Waals surface area (Å²) >= 11 is 0. The van der Waals surface area contributed by atoms with Crippen molar-refractivity contribution in [3.05, 3.63) is 6.42 Å². The van der Waals surface area contributed by atoms with Crippen molar-refractivity contribution in [3.63, 3.8) is 0 Å². The molecule has 115 valence electrons. The number of hydrogen-bond donors (Lipinski definition) is 0. The zero-order valence-corrected chi connectivity index (χ0v) is 14.1. The average molecular weight is 268 g/mol. The highest BCUT2D eigenvalue weighted by atomic mass is 14.1. The van der Waals surface area contributed by atoms with Crippen LogP contribution >= 0.6 is 0 Å². The molecular weight excluding hydrogens is 228 g/mol. The SMILES string of the molecule is CCCCCCC[CH]CC(CCCC)CCCCC. The summed E-state index contributed by atoms with van der Waals surface area (Å²) in [5.41, 5.74) is 0. The molecule has 0 N–H and O–H groups in total. The van der Waals surface area contributed by atoms with Crippen molar-refractivity contribution in [3.8, 4) is 0 Å². The van der Waals surface area contributed by atoms with Gasteiger partial charge in [0, 0.05) is 0 Å². The molecule has 0 spiro atoms. The van der Waals surface area contributed by atoms with Gasteiger partial charge in [0.2, 0.25) is 0 Å². The van der Waals surface area contributed by atoms with Gasteiger partial charge in [0.1, 0.15) is 0 Å². The Balaban J connectivity index is 3.49. The lowest BCUT2D eigenvalue weighted by molar-refractivity contribution is 0.404. The van der Waals surface area contributed by atoms with E-state index in [1.807, 2.05) is 0 Å². The lowest BCUT2D eigenvalue weighted by Crippen LogP contribution is -2.01. The van der Waals surface area contributed by atoms with Crippen LogP contribution in [0.25, 0.3) is 0 Å². The standard InChI is InChI=1S/C19H39/c1-4-7-10-11-12-13-15-18-19(16-9-6-3)17-14-8-5-2/h15,19H,4-14,16-18H2,1-3H3. The monoisotopic (exact) mass is 267 g/mol. The fourth-order valence-corrected chi connectivity index (χ4v) is 2.80. The molecule has 1 atom stereocenters. The number of unbranched alkanes of at least 4 members (excludes halogenated alkanes) is 9. The molecule has 0 amide bonds. The number of rotatable bonds is 15. The van der Waals surface area contributed by atoms with E-state index in [9.17, 15) is 0 Å². The van der Waals surface area contributed by atoms with Gasteiger partial charge >= 0.3 is 0 Å². The summed E-state index contributed by atoms with van der Waals surface area (Å²) in [5.74, 6) is 0.988. The maximum Gasteiger partial charge on any atom is -0.0383 e. The predicted molar refractivity (Wildman–Crippen MR) is 89.5 cm³/mol. The Kier molecular flexibility index (Phi) is 16.1. The predicted octanol–water partition coefficient (Wildman–Crippen LogP) is 7.33. The summed E-state index contributed by atoms with van der Waals surface area (Å²) in [6, 6.07) is 0. The van der Waals surface area contributed by atoms with Gasteiger partial charge in [-0.3, -0.25) is 0 Å².